The van der Waals surface area contributed by atoms with Crippen molar-refractivity contribution in [1.29, 1.82) is 0 Å². The van der Waals surface area contributed by atoms with Gasteiger partial charge in [-0.1, -0.05) is 6.07 Å². The van der Waals surface area contributed by atoms with Crippen LogP contribution in [0.2, 0.25) is 0 Å². The Morgan fingerprint density at radius 1 is 1.02 bits per heavy atom. The SMILES string of the molecule is O=C1CCC(n2c(=O)oc3cc(C4CCN(CC(=O)Nc5ccc6c(F)c(N7CC(=O)NS7(=O)=O)c(O)cc6c5)CC4)ccc32)C(=O)N1. The monoisotopic (exact) mass is 680 g/mol. The van der Waals surface area contributed by atoms with Crippen LogP contribution in [-0.2, 0) is 29.4 Å². The van der Waals surface area contributed by atoms with E-state index in [0.717, 1.165) is 18.4 Å². The number of aromatic nitrogens is 1. The molecule has 4 amide bonds. The second-order valence-electron chi connectivity index (χ2n) is 12.1. The molecule has 3 fully saturated rings. The second-order valence-corrected chi connectivity index (χ2v) is 13.7. The molecular formula is C31H29FN6O9S. The normalized spacial score (nSPS) is 20.3. The molecule has 17 heteroatoms. The number of piperidine rings is 2. The first-order valence-electron chi connectivity index (χ1n) is 15.2. The molecule has 7 rings (SSSR count). The highest BCUT2D eigenvalue weighted by Gasteiger charge is 2.38. The summed E-state index contributed by atoms with van der Waals surface area (Å²) in [6.07, 6.45) is 1.82. The van der Waals surface area contributed by atoms with Crippen molar-refractivity contribution in [2.75, 3.05) is 35.8 Å². The predicted molar refractivity (Wildman–Crippen MR) is 169 cm³/mol. The summed E-state index contributed by atoms with van der Waals surface area (Å²) in [5.74, 6) is -4.29. The standard InChI is InChI=1S/C31H29FN6O9S/c32-28-20-3-2-19(11-18(20)12-23(39)29(28)37-15-27(42)35-48(37,45)46)33-26(41)14-36-9-7-16(8-10-36)17-1-4-21-24(13-17)47-31(44)38(21)22-5-6-25(40)34-30(22)43/h1-4,11-13,16,22,39H,5-10,14-15H2,(H,33,41)(H,35,42)(H,34,40,43). The highest BCUT2D eigenvalue weighted by Crippen LogP contribution is 2.39. The van der Waals surface area contributed by atoms with Gasteiger partial charge in [0.05, 0.1) is 12.1 Å². The molecule has 1 unspecified atom stereocenters. The van der Waals surface area contributed by atoms with E-state index in [0.29, 0.717) is 34.2 Å². The molecule has 48 heavy (non-hydrogen) atoms. The number of benzene rings is 3. The van der Waals surface area contributed by atoms with E-state index in [1.54, 1.807) is 16.9 Å². The first kappa shape index (κ1) is 31.3. The predicted octanol–water partition coefficient (Wildman–Crippen LogP) is 1.57. The maximum atomic E-state index is 15.4. The Bertz CT molecular complexity index is 2210. The van der Waals surface area contributed by atoms with Gasteiger partial charge in [-0.25, -0.2) is 18.2 Å². The average molecular weight is 681 g/mol. The number of halogens is 1. The second kappa shape index (κ2) is 11.7. The van der Waals surface area contributed by atoms with Crippen LogP contribution >= 0.6 is 0 Å². The number of imide groups is 1. The Morgan fingerprint density at radius 2 is 1.79 bits per heavy atom. The Morgan fingerprint density at radius 3 is 2.50 bits per heavy atom. The Hall–Kier alpha value is -5.29. The van der Waals surface area contributed by atoms with Crippen molar-refractivity contribution < 1.29 is 41.5 Å². The van der Waals surface area contributed by atoms with Gasteiger partial charge in [0, 0.05) is 17.5 Å². The number of aromatic hydroxyl groups is 1. The van der Waals surface area contributed by atoms with Crippen LogP contribution in [-0.4, -0.2) is 72.8 Å². The molecule has 15 nitrogen and oxygen atoms in total. The van der Waals surface area contributed by atoms with E-state index >= 15 is 4.39 Å². The fourth-order valence-corrected chi connectivity index (χ4v) is 7.82. The molecule has 4 N–H and O–H groups in total. The lowest BCUT2D eigenvalue weighted by Crippen LogP contribution is -2.43. The average Bonchev–Trinajstić information content (AvgIpc) is 3.49. The minimum atomic E-state index is -4.34. The summed E-state index contributed by atoms with van der Waals surface area (Å²) in [6, 6.07) is 10.1. The molecule has 3 aliphatic heterocycles. The fourth-order valence-electron chi connectivity index (χ4n) is 6.66. The number of hydrogen-bond acceptors (Lipinski definition) is 10. The van der Waals surface area contributed by atoms with Gasteiger partial charge in [0.15, 0.2) is 11.4 Å². The van der Waals surface area contributed by atoms with Gasteiger partial charge in [-0.15, -0.1) is 0 Å². The maximum Gasteiger partial charge on any atom is 0.420 e. The van der Waals surface area contributed by atoms with E-state index in [1.165, 1.54) is 28.8 Å². The topological polar surface area (TPSA) is 200 Å². The zero-order chi connectivity index (χ0) is 33.9. The quantitative estimate of drug-likeness (QED) is 0.217. The van der Waals surface area contributed by atoms with Gasteiger partial charge in [0.2, 0.25) is 17.7 Å². The molecule has 0 spiro atoms. The van der Waals surface area contributed by atoms with Gasteiger partial charge in [-0.3, -0.25) is 34.0 Å². The van der Waals surface area contributed by atoms with Gasteiger partial charge in [0.25, 0.3) is 5.91 Å². The molecule has 1 atom stereocenters. The number of carbonyl (C=O) groups excluding carboxylic acids is 4. The molecule has 0 saturated carbocycles. The number of rotatable bonds is 6. The summed E-state index contributed by atoms with van der Waals surface area (Å²) >= 11 is 0. The zero-order valence-corrected chi connectivity index (χ0v) is 26.0. The largest absolute Gasteiger partial charge is 0.506 e. The number of likely N-dealkylation sites (tertiary alicyclic amines) is 1. The molecule has 3 aromatic carbocycles. The van der Waals surface area contributed by atoms with Crippen LogP contribution in [0.3, 0.4) is 0 Å². The van der Waals surface area contributed by atoms with Crippen LogP contribution in [0, 0.1) is 5.82 Å². The molecule has 3 saturated heterocycles. The lowest BCUT2D eigenvalue weighted by Gasteiger charge is -2.31. The number of nitrogens with one attached hydrogen (secondary N) is 3. The third kappa shape index (κ3) is 5.64. The van der Waals surface area contributed by atoms with Crippen LogP contribution in [0.1, 0.15) is 43.2 Å². The Kier molecular flexibility index (Phi) is 7.66. The number of nitrogens with zero attached hydrogens (tertiary/aromatic N) is 3. The van der Waals surface area contributed by atoms with Gasteiger partial charge < -0.3 is 14.8 Å². The molecule has 1 aromatic heterocycles. The molecule has 0 bridgehead atoms. The summed E-state index contributed by atoms with van der Waals surface area (Å²) in [5.41, 5.74) is 1.51. The molecule has 250 valence electrons. The molecule has 0 radical (unpaired) electrons. The molecule has 4 aromatic rings. The van der Waals surface area contributed by atoms with Crippen LogP contribution < -0.4 is 25.4 Å². The minimum absolute atomic E-state index is 0.0116. The van der Waals surface area contributed by atoms with E-state index in [2.05, 4.69) is 10.6 Å². The number of fused-ring (bicyclic) bond motifs is 2. The Balaban J connectivity index is 0.982. The molecule has 4 heterocycles. The summed E-state index contributed by atoms with van der Waals surface area (Å²) in [4.78, 5) is 63.0. The van der Waals surface area contributed by atoms with Crippen molar-refractivity contribution in [3.8, 4) is 5.75 Å². The van der Waals surface area contributed by atoms with Crippen molar-refractivity contribution in [3.63, 3.8) is 0 Å². The van der Waals surface area contributed by atoms with Gasteiger partial charge >= 0.3 is 16.0 Å². The number of phenols is 1. The zero-order valence-electron chi connectivity index (χ0n) is 25.2. The van der Waals surface area contributed by atoms with E-state index in [1.807, 2.05) is 11.0 Å². The number of hydrogen-bond donors (Lipinski definition) is 4. The maximum absolute atomic E-state index is 15.4. The van der Waals surface area contributed by atoms with Crippen molar-refractivity contribution in [2.24, 2.45) is 0 Å². The lowest BCUT2D eigenvalue weighted by molar-refractivity contribution is -0.135. The van der Waals surface area contributed by atoms with Crippen molar-refractivity contribution in [2.45, 2.75) is 37.6 Å². The molecule has 0 aliphatic carbocycles. The summed E-state index contributed by atoms with van der Waals surface area (Å²) in [6.45, 7) is 0.666. The van der Waals surface area contributed by atoms with E-state index in [4.69, 9.17) is 4.42 Å². The number of carbonyl (C=O) groups is 4. The van der Waals surface area contributed by atoms with Crippen molar-refractivity contribution >= 4 is 67.1 Å². The van der Waals surface area contributed by atoms with Crippen LogP contribution in [0.4, 0.5) is 15.8 Å². The first-order chi connectivity index (χ1) is 22.9. The minimum Gasteiger partial charge on any atom is -0.506 e. The number of oxazole rings is 1. The highest BCUT2D eigenvalue weighted by atomic mass is 32.2. The van der Waals surface area contributed by atoms with Crippen molar-refractivity contribution in [1.82, 2.24) is 19.5 Å². The van der Waals surface area contributed by atoms with Crippen LogP contribution in [0.25, 0.3) is 21.9 Å². The van der Waals surface area contributed by atoms with Gasteiger partial charge in [-0.2, -0.15) is 8.42 Å². The lowest BCUT2D eigenvalue weighted by atomic mass is 9.89. The van der Waals surface area contributed by atoms with E-state index in [-0.39, 0.29) is 47.9 Å². The molecule has 3 aliphatic rings. The third-order valence-corrected chi connectivity index (χ3v) is 10.3. The van der Waals surface area contributed by atoms with Crippen molar-refractivity contribution in [3.05, 3.63) is 64.4 Å². The highest BCUT2D eigenvalue weighted by molar-refractivity contribution is 7.92. The summed E-state index contributed by atoms with van der Waals surface area (Å²) in [7, 11) is -4.34. The summed E-state index contributed by atoms with van der Waals surface area (Å²) < 4.78 is 48.7. The van der Waals surface area contributed by atoms with E-state index < -0.39 is 57.6 Å². The van der Waals surface area contributed by atoms with Gasteiger partial charge in [-0.05, 0) is 85.6 Å². The first-order valence-corrected chi connectivity index (χ1v) is 16.6. The summed E-state index contributed by atoms with van der Waals surface area (Å²) in [5, 5.41) is 15.7. The molecular weight excluding hydrogens is 651 g/mol. The fraction of sp³-hybridized carbons (Fsp3) is 0.323. The van der Waals surface area contributed by atoms with Gasteiger partial charge in [0.1, 0.15) is 24.0 Å². The van der Waals surface area contributed by atoms with Crippen LogP contribution in [0.5, 0.6) is 5.75 Å². The third-order valence-electron chi connectivity index (χ3n) is 8.97. The number of phenolic OH excluding ortho intramolecular Hbond substituents is 1. The number of amides is 4. The van der Waals surface area contributed by atoms with E-state index in [9.17, 15) is 37.5 Å². The number of anilines is 2. The Labute approximate surface area is 271 Å². The smallest absolute Gasteiger partial charge is 0.420 e. The van der Waals surface area contributed by atoms with Crippen LogP contribution in [0.15, 0.2) is 51.7 Å².